The molecule has 0 spiro atoms. The Balaban J connectivity index is 2.91. The zero-order chi connectivity index (χ0) is 11.2. The molecule has 4 nitrogen and oxygen atoms in total. The van der Waals surface area contributed by atoms with E-state index in [-0.39, 0.29) is 11.3 Å². The fourth-order valence-electron chi connectivity index (χ4n) is 1.61. The molecule has 0 saturated heterocycles. The van der Waals surface area contributed by atoms with Crippen molar-refractivity contribution >= 4 is 16.9 Å². The summed E-state index contributed by atoms with van der Waals surface area (Å²) in [4.78, 5) is 10.9. The number of aromatic carboxylic acids is 1. The molecule has 0 aliphatic carbocycles. The third kappa shape index (κ3) is 1.26. The maximum Gasteiger partial charge on any atom is 0.339 e. The first-order valence-electron chi connectivity index (χ1n) is 4.46. The van der Waals surface area contributed by atoms with E-state index in [9.17, 15) is 9.90 Å². The Morgan fingerprint density at radius 1 is 1.40 bits per heavy atom. The summed E-state index contributed by atoms with van der Waals surface area (Å²) in [5.74, 6) is -1.37. The van der Waals surface area contributed by atoms with Gasteiger partial charge in [-0.1, -0.05) is 0 Å². The molecular formula is C11H10O4. The largest absolute Gasteiger partial charge is 0.507 e. The van der Waals surface area contributed by atoms with Crippen LogP contribution in [0.2, 0.25) is 0 Å². The highest BCUT2D eigenvalue weighted by atomic mass is 16.4. The molecule has 1 aromatic heterocycles. The van der Waals surface area contributed by atoms with E-state index < -0.39 is 5.97 Å². The van der Waals surface area contributed by atoms with Crippen LogP contribution in [0.25, 0.3) is 11.0 Å². The Hall–Kier alpha value is -1.97. The molecule has 4 heteroatoms. The molecule has 15 heavy (non-hydrogen) atoms. The normalized spacial score (nSPS) is 10.8. The van der Waals surface area contributed by atoms with Gasteiger partial charge in [0.15, 0.2) is 0 Å². The van der Waals surface area contributed by atoms with Crippen LogP contribution in [-0.4, -0.2) is 16.2 Å². The van der Waals surface area contributed by atoms with E-state index in [0.29, 0.717) is 11.1 Å². The maximum absolute atomic E-state index is 10.9. The van der Waals surface area contributed by atoms with Crippen LogP contribution in [0.1, 0.15) is 21.5 Å². The van der Waals surface area contributed by atoms with Gasteiger partial charge in [0.25, 0.3) is 0 Å². The smallest absolute Gasteiger partial charge is 0.339 e. The summed E-state index contributed by atoms with van der Waals surface area (Å²) in [7, 11) is 0. The van der Waals surface area contributed by atoms with E-state index in [1.807, 2.05) is 6.92 Å². The van der Waals surface area contributed by atoms with Crippen LogP contribution in [0, 0.1) is 13.8 Å². The van der Waals surface area contributed by atoms with Crippen LogP contribution in [0.15, 0.2) is 16.7 Å². The van der Waals surface area contributed by atoms with Crippen LogP contribution < -0.4 is 0 Å². The van der Waals surface area contributed by atoms with E-state index in [2.05, 4.69) is 0 Å². The fraction of sp³-hybridized carbons (Fsp3) is 0.182. The Kier molecular flexibility index (Phi) is 1.93. The van der Waals surface area contributed by atoms with Crippen LogP contribution >= 0.6 is 0 Å². The van der Waals surface area contributed by atoms with Crippen molar-refractivity contribution in [2.75, 3.05) is 0 Å². The zero-order valence-electron chi connectivity index (χ0n) is 8.37. The molecule has 0 bridgehead atoms. The number of fused-ring (bicyclic) bond motifs is 1. The summed E-state index contributed by atoms with van der Waals surface area (Å²) < 4.78 is 5.24. The van der Waals surface area contributed by atoms with E-state index in [0.717, 1.165) is 10.9 Å². The molecular weight excluding hydrogens is 196 g/mol. The van der Waals surface area contributed by atoms with E-state index >= 15 is 0 Å². The van der Waals surface area contributed by atoms with E-state index in [4.69, 9.17) is 9.52 Å². The highest BCUT2D eigenvalue weighted by Crippen LogP contribution is 2.33. The van der Waals surface area contributed by atoms with Gasteiger partial charge >= 0.3 is 5.97 Å². The number of carboxylic acid groups (broad SMARTS) is 1. The van der Waals surface area contributed by atoms with Crippen LogP contribution in [0.3, 0.4) is 0 Å². The van der Waals surface area contributed by atoms with Crippen molar-refractivity contribution < 1.29 is 19.4 Å². The van der Waals surface area contributed by atoms with Crippen molar-refractivity contribution in [3.63, 3.8) is 0 Å². The Morgan fingerprint density at radius 2 is 2.07 bits per heavy atom. The fourth-order valence-corrected chi connectivity index (χ4v) is 1.61. The number of carboxylic acids is 1. The molecule has 0 aliphatic heterocycles. The molecule has 0 atom stereocenters. The molecule has 0 aliphatic rings. The predicted octanol–water partition coefficient (Wildman–Crippen LogP) is 2.45. The Labute approximate surface area is 85.8 Å². The second-order valence-electron chi connectivity index (χ2n) is 3.50. The molecule has 1 heterocycles. The molecule has 2 rings (SSSR count). The van der Waals surface area contributed by atoms with Crippen LogP contribution in [0.5, 0.6) is 5.75 Å². The minimum absolute atomic E-state index is 0.0931. The van der Waals surface area contributed by atoms with Crippen molar-refractivity contribution in [2.45, 2.75) is 13.8 Å². The number of carbonyl (C=O) groups is 1. The van der Waals surface area contributed by atoms with Gasteiger partial charge in [0.1, 0.15) is 16.9 Å². The zero-order valence-corrected chi connectivity index (χ0v) is 8.37. The summed E-state index contributed by atoms with van der Waals surface area (Å²) in [6.45, 7) is 3.46. The predicted molar refractivity (Wildman–Crippen MR) is 54.3 cm³/mol. The lowest BCUT2D eigenvalue weighted by atomic mass is 10.0. The SMILES string of the molecule is Cc1coc2c(C)c(O)c(C(=O)O)cc12. The summed E-state index contributed by atoms with van der Waals surface area (Å²) >= 11 is 0. The number of aromatic hydroxyl groups is 1. The molecule has 0 saturated carbocycles. The second-order valence-corrected chi connectivity index (χ2v) is 3.50. The van der Waals surface area contributed by atoms with Crippen LogP contribution in [0.4, 0.5) is 0 Å². The summed E-state index contributed by atoms with van der Waals surface area (Å²) in [5.41, 5.74) is 1.76. The number of hydrogen-bond acceptors (Lipinski definition) is 3. The molecule has 2 N–H and O–H groups in total. The second kappa shape index (κ2) is 3.02. The summed E-state index contributed by atoms with van der Waals surface area (Å²) in [6.07, 6.45) is 1.54. The number of rotatable bonds is 1. The first-order chi connectivity index (χ1) is 7.02. The Bertz CT molecular complexity index is 551. The lowest BCUT2D eigenvalue weighted by molar-refractivity contribution is 0.0694. The molecule has 2 aromatic rings. The van der Waals surface area contributed by atoms with Gasteiger partial charge in [-0.15, -0.1) is 0 Å². The quantitative estimate of drug-likeness (QED) is 0.751. The molecule has 78 valence electrons. The van der Waals surface area contributed by atoms with Gasteiger partial charge in [-0.05, 0) is 25.5 Å². The first-order valence-corrected chi connectivity index (χ1v) is 4.46. The van der Waals surface area contributed by atoms with Gasteiger partial charge in [-0.3, -0.25) is 0 Å². The molecule has 0 fully saturated rings. The monoisotopic (exact) mass is 206 g/mol. The number of benzene rings is 1. The highest BCUT2D eigenvalue weighted by molar-refractivity contribution is 5.98. The lowest BCUT2D eigenvalue weighted by Gasteiger charge is -2.04. The number of aryl methyl sites for hydroxylation is 2. The molecule has 0 radical (unpaired) electrons. The standard InChI is InChI=1S/C11H10O4/c1-5-4-15-10-6(2)9(12)8(11(13)14)3-7(5)10/h3-4,12H,1-2H3,(H,13,14). The Morgan fingerprint density at radius 3 is 2.67 bits per heavy atom. The van der Waals surface area contributed by atoms with Crippen molar-refractivity contribution in [1.82, 2.24) is 0 Å². The topological polar surface area (TPSA) is 70.7 Å². The van der Waals surface area contributed by atoms with Crippen molar-refractivity contribution in [3.8, 4) is 5.75 Å². The maximum atomic E-state index is 10.9. The van der Waals surface area contributed by atoms with Gasteiger partial charge < -0.3 is 14.6 Å². The molecule has 0 amide bonds. The third-order valence-corrected chi connectivity index (χ3v) is 2.49. The lowest BCUT2D eigenvalue weighted by Crippen LogP contribution is -1.98. The van der Waals surface area contributed by atoms with Crippen molar-refractivity contribution in [3.05, 3.63) is 29.0 Å². The first kappa shape index (κ1) is 9.58. The molecule has 0 unspecified atom stereocenters. The average Bonchev–Trinajstić information content (AvgIpc) is 2.53. The van der Waals surface area contributed by atoms with Gasteiger partial charge in [0.05, 0.1) is 6.26 Å². The summed E-state index contributed by atoms with van der Waals surface area (Å²) in [5, 5.41) is 19.2. The average molecular weight is 206 g/mol. The number of hydrogen-bond donors (Lipinski definition) is 2. The summed E-state index contributed by atoms with van der Waals surface area (Å²) in [6, 6.07) is 1.43. The van der Waals surface area contributed by atoms with Crippen molar-refractivity contribution in [2.24, 2.45) is 0 Å². The van der Waals surface area contributed by atoms with E-state index in [1.165, 1.54) is 6.07 Å². The van der Waals surface area contributed by atoms with E-state index in [1.54, 1.807) is 13.2 Å². The minimum Gasteiger partial charge on any atom is -0.507 e. The molecule has 1 aromatic carbocycles. The van der Waals surface area contributed by atoms with Crippen molar-refractivity contribution in [1.29, 1.82) is 0 Å². The van der Waals surface area contributed by atoms with Gasteiger partial charge in [0, 0.05) is 10.9 Å². The third-order valence-electron chi connectivity index (χ3n) is 2.49. The van der Waals surface area contributed by atoms with Gasteiger partial charge in [-0.2, -0.15) is 0 Å². The van der Waals surface area contributed by atoms with Crippen LogP contribution in [-0.2, 0) is 0 Å². The van der Waals surface area contributed by atoms with Gasteiger partial charge in [0.2, 0.25) is 0 Å². The number of furan rings is 1. The highest BCUT2D eigenvalue weighted by Gasteiger charge is 2.17. The van der Waals surface area contributed by atoms with Gasteiger partial charge in [-0.25, -0.2) is 4.79 Å². The minimum atomic E-state index is -1.14. The number of phenols is 1.